The van der Waals surface area contributed by atoms with Crippen LogP contribution in [0.4, 0.5) is 5.69 Å². The Hall–Kier alpha value is -1.88. The summed E-state index contributed by atoms with van der Waals surface area (Å²) >= 11 is 0. The van der Waals surface area contributed by atoms with E-state index >= 15 is 0 Å². The van der Waals surface area contributed by atoms with Gasteiger partial charge in [0.15, 0.2) is 0 Å². The Bertz CT molecular complexity index is 499. The molecule has 0 spiro atoms. The first-order valence-corrected chi connectivity index (χ1v) is 5.87. The molecule has 1 aromatic carbocycles. The highest BCUT2D eigenvalue weighted by molar-refractivity contribution is 5.96. The zero-order valence-corrected chi connectivity index (χ0v) is 10.2. The number of carboxylic acid groups (broad SMARTS) is 1. The molecule has 1 aliphatic rings. The molecule has 96 valence electrons. The van der Waals surface area contributed by atoms with Crippen LogP contribution in [-0.2, 0) is 16.0 Å². The van der Waals surface area contributed by atoms with E-state index in [-0.39, 0.29) is 12.5 Å². The van der Waals surface area contributed by atoms with Crippen molar-refractivity contribution in [2.24, 2.45) is 5.73 Å². The summed E-state index contributed by atoms with van der Waals surface area (Å²) in [5.74, 6) is -1.51. The van der Waals surface area contributed by atoms with E-state index in [9.17, 15) is 9.59 Å². The second-order valence-corrected chi connectivity index (χ2v) is 4.47. The average molecular weight is 248 g/mol. The topological polar surface area (TPSA) is 83.6 Å². The standard InChI is InChI=1S/C13H16N2O3/c1-15-11-4-2-8(10(7-14)13(17)18)6-9(11)3-5-12(15)16/h2,4,6,10H,3,5,7,14H2,1H3,(H,17,18). The van der Waals surface area contributed by atoms with E-state index in [1.54, 1.807) is 24.1 Å². The van der Waals surface area contributed by atoms with Crippen LogP contribution in [0.3, 0.4) is 0 Å². The number of aryl methyl sites for hydroxylation is 1. The van der Waals surface area contributed by atoms with Crippen molar-refractivity contribution >= 4 is 17.6 Å². The van der Waals surface area contributed by atoms with Gasteiger partial charge in [0.25, 0.3) is 0 Å². The molecule has 1 aromatic rings. The molecule has 0 aliphatic carbocycles. The van der Waals surface area contributed by atoms with Crippen molar-refractivity contribution in [1.29, 1.82) is 0 Å². The molecule has 1 amide bonds. The van der Waals surface area contributed by atoms with Gasteiger partial charge in [0, 0.05) is 25.7 Å². The molecule has 1 unspecified atom stereocenters. The largest absolute Gasteiger partial charge is 0.481 e. The first-order valence-electron chi connectivity index (χ1n) is 5.87. The molecule has 0 fully saturated rings. The van der Waals surface area contributed by atoms with Crippen LogP contribution in [0.2, 0.25) is 0 Å². The zero-order chi connectivity index (χ0) is 13.3. The number of aliphatic carboxylic acids is 1. The molecule has 0 saturated carbocycles. The van der Waals surface area contributed by atoms with Crippen molar-refractivity contribution in [1.82, 2.24) is 0 Å². The molecule has 0 aromatic heterocycles. The molecule has 18 heavy (non-hydrogen) atoms. The van der Waals surface area contributed by atoms with E-state index < -0.39 is 11.9 Å². The molecule has 0 bridgehead atoms. The van der Waals surface area contributed by atoms with Gasteiger partial charge in [-0.05, 0) is 23.6 Å². The van der Waals surface area contributed by atoms with Gasteiger partial charge in [-0.25, -0.2) is 0 Å². The lowest BCUT2D eigenvalue weighted by Gasteiger charge is -2.26. The molecule has 0 saturated heterocycles. The number of hydrogen-bond donors (Lipinski definition) is 2. The minimum Gasteiger partial charge on any atom is -0.481 e. The fourth-order valence-electron chi connectivity index (χ4n) is 2.27. The second-order valence-electron chi connectivity index (χ2n) is 4.47. The van der Waals surface area contributed by atoms with Crippen molar-refractivity contribution < 1.29 is 14.7 Å². The molecule has 1 heterocycles. The number of carbonyl (C=O) groups is 2. The fourth-order valence-corrected chi connectivity index (χ4v) is 2.27. The number of nitrogens with two attached hydrogens (primary N) is 1. The normalized spacial score (nSPS) is 16.3. The minimum absolute atomic E-state index is 0.0723. The van der Waals surface area contributed by atoms with Crippen LogP contribution in [0.1, 0.15) is 23.5 Å². The number of amides is 1. The number of fused-ring (bicyclic) bond motifs is 1. The molecule has 1 aliphatic heterocycles. The third-order valence-corrected chi connectivity index (χ3v) is 3.38. The summed E-state index contributed by atoms with van der Waals surface area (Å²) in [6, 6.07) is 5.39. The average Bonchev–Trinajstić information content (AvgIpc) is 2.34. The smallest absolute Gasteiger partial charge is 0.312 e. The number of hydrogen-bond acceptors (Lipinski definition) is 3. The summed E-state index contributed by atoms with van der Waals surface area (Å²) in [6.07, 6.45) is 1.12. The Kier molecular flexibility index (Phi) is 3.34. The number of nitrogens with zero attached hydrogens (tertiary/aromatic N) is 1. The van der Waals surface area contributed by atoms with Gasteiger partial charge in [-0.1, -0.05) is 12.1 Å². The lowest BCUT2D eigenvalue weighted by Crippen LogP contribution is -2.31. The summed E-state index contributed by atoms with van der Waals surface area (Å²) in [7, 11) is 1.73. The Labute approximate surface area is 105 Å². The van der Waals surface area contributed by atoms with E-state index in [1.807, 2.05) is 6.07 Å². The molecule has 5 nitrogen and oxygen atoms in total. The maximum atomic E-state index is 11.6. The van der Waals surface area contributed by atoms with Gasteiger partial charge in [0.05, 0.1) is 5.92 Å². The van der Waals surface area contributed by atoms with E-state index in [4.69, 9.17) is 10.8 Å². The van der Waals surface area contributed by atoms with Gasteiger partial charge in [-0.2, -0.15) is 0 Å². The highest BCUT2D eigenvalue weighted by Gasteiger charge is 2.24. The van der Waals surface area contributed by atoms with Crippen LogP contribution in [0.15, 0.2) is 18.2 Å². The van der Waals surface area contributed by atoms with Gasteiger partial charge >= 0.3 is 5.97 Å². The molecular formula is C13H16N2O3. The molecule has 0 radical (unpaired) electrons. The monoisotopic (exact) mass is 248 g/mol. The predicted molar refractivity (Wildman–Crippen MR) is 67.6 cm³/mol. The predicted octanol–water partition coefficient (Wildman–Crippen LogP) is 0.723. The number of carbonyl (C=O) groups excluding carboxylic acids is 1. The Morgan fingerprint density at radius 3 is 2.83 bits per heavy atom. The van der Waals surface area contributed by atoms with Gasteiger partial charge < -0.3 is 15.7 Å². The van der Waals surface area contributed by atoms with Crippen LogP contribution < -0.4 is 10.6 Å². The van der Waals surface area contributed by atoms with Gasteiger partial charge in [-0.15, -0.1) is 0 Å². The van der Waals surface area contributed by atoms with Crippen molar-refractivity contribution in [2.75, 3.05) is 18.5 Å². The lowest BCUT2D eigenvalue weighted by molar-refractivity contribution is -0.138. The lowest BCUT2D eigenvalue weighted by atomic mass is 9.93. The highest BCUT2D eigenvalue weighted by Crippen LogP contribution is 2.29. The van der Waals surface area contributed by atoms with Crippen molar-refractivity contribution in [3.63, 3.8) is 0 Å². The zero-order valence-electron chi connectivity index (χ0n) is 10.2. The summed E-state index contributed by atoms with van der Waals surface area (Å²) in [5.41, 5.74) is 8.05. The number of carboxylic acids is 1. The van der Waals surface area contributed by atoms with Gasteiger partial charge in [0.1, 0.15) is 0 Å². The van der Waals surface area contributed by atoms with E-state index in [1.165, 1.54) is 0 Å². The Balaban J connectivity index is 2.39. The Morgan fingerprint density at radius 2 is 2.22 bits per heavy atom. The first kappa shape index (κ1) is 12.6. The quantitative estimate of drug-likeness (QED) is 0.825. The van der Waals surface area contributed by atoms with Crippen molar-refractivity contribution in [2.45, 2.75) is 18.8 Å². The summed E-state index contributed by atoms with van der Waals surface area (Å²) in [5, 5.41) is 9.08. The van der Waals surface area contributed by atoms with Crippen LogP contribution in [0.5, 0.6) is 0 Å². The summed E-state index contributed by atoms with van der Waals surface area (Å²) in [4.78, 5) is 24.2. The molecular weight excluding hydrogens is 232 g/mol. The van der Waals surface area contributed by atoms with E-state index in [2.05, 4.69) is 0 Å². The number of anilines is 1. The van der Waals surface area contributed by atoms with Crippen molar-refractivity contribution in [3.05, 3.63) is 29.3 Å². The number of benzene rings is 1. The first-order chi connectivity index (χ1) is 8.54. The second kappa shape index (κ2) is 4.78. The molecule has 1 atom stereocenters. The fraction of sp³-hybridized carbons (Fsp3) is 0.385. The molecule has 5 heteroatoms. The SMILES string of the molecule is CN1C(=O)CCc2cc(C(CN)C(=O)O)ccc21. The van der Waals surface area contributed by atoms with E-state index in [0.29, 0.717) is 18.4 Å². The van der Waals surface area contributed by atoms with Crippen molar-refractivity contribution in [3.8, 4) is 0 Å². The molecule has 2 rings (SSSR count). The number of rotatable bonds is 3. The van der Waals surface area contributed by atoms with Crippen LogP contribution in [0, 0.1) is 0 Å². The van der Waals surface area contributed by atoms with Gasteiger partial charge in [-0.3, -0.25) is 9.59 Å². The third-order valence-electron chi connectivity index (χ3n) is 3.38. The maximum absolute atomic E-state index is 11.6. The van der Waals surface area contributed by atoms with Gasteiger partial charge in [0.2, 0.25) is 5.91 Å². The highest BCUT2D eigenvalue weighted by atomic mass is 16.4. The minimum atomic E-state index is -0.919. The van der Waals surface area contributed by atoms with Crippen LogP contribution in [-0.4, -0.2) is 30.6 Å². The molecule has 3 N–H and O–H groups in total. The third kappa shape index (κ3) is 2.09. The Morgan fingerprint density at radius 1 is 1.50 bits per heavy atom. The summed E-state index contributed by atoms with van der Waals surface area (Å²) in [6.45, 7) is 0.0723. The maximum Gasteiger partial charge on any atom is 0.312 e. The van der Waals surface area contributed by atoms with Crippen LogP contribution >= 0.6 is 0 Å². The summed E-state index contributed by atoms with van der Waals surface area (Å²) < 4.78 is 0. The van der Waals surface area contributed by atoms with Crippen LogP contribution in [0.25, 0.3) is 0 Å². The van der Waals surface area contributed by atoms with E-state index in [0.717, 1.165) is 11.3 Å².